The summed E-state index contributed by atoms with van der Waals surface area (Å²) in [6.07, 6.45) is 0. The van der Waals surface area contributed by atoms with Crippen molar-refractivity contribution in [3.63, 3.8) is 0 Å². The summed E-state index contributed by atoms with van der Waals surface area (Å²) >= 11 is 5.94. The molecule has 0 atom stereocenters. The predicted octanol–water partition coefficient (Wildman–Crippen LogP) is 2.96. The van der Waals surface area contributed by atoms with E-state index in [2.05, 4.69) is 0 Å². The number of nitrogens with two attached hydrogens (primary N) is 1. The minimum atomic E-state index is 0.499. The third kappa shape index (κ3) is 1.91. The zero-order chi connectivity index (χ0) is 10.8. The lowest BCUT2D eigenvalue weighted by Gasteiger charge is -2.08. The molecule has 0 heterocycles. The molecule has 0 saturated heterocycles. The lowest BCUT2D eigenvalue weighted by Crippen LogP contribution is -1.97. The molecule has 3 heteroatoms. The van der Waals surface area contributed by atoms with Crippen molar-refractivity contribution >= 4 is 22.4 Å². The minimum absolute atomic E-state index is 0.499. The van der Waals surface area contributed by atoms with Gasteiger partial charge in [-0.2, -0.15) is 0 Å². The van der Waals surface area contributed by atoms with Crippen molar-refractivity contribution in [2.45, 2.75) is 6.54 Å². The molecule has 0 spiro atoms. The number of benzene rings is 2. The van der Waals surface area contributed by atoms with Gasteiger partial charge in [0.05, 0.1) is 7.11 Å². The first kappa shape index (κ1) is 10.3. The Bertz CT molecular complexity index is 496. The van der Waals surface area contributed by atoms with Gasteiger partial charge in [0.15, 0.2) is 0 Å². The van der Waals surface area contributed by atoms with E-state index in [-0.39, 0.29) is 0 Å². The highest BCUT2D eigenvalue weighted by Gasteiger charge is 2.04. The van der Waals surface area contributed by atoms with Crippen LogP contribution < -0.4 is 10.5 Å². The molecule has 0 fully saturated rings. The van der Waals surface area contributed by atoms with Crippen LogP contribution in [-0.4, -0.2) is 7.11 Å². The summed E-state index contributed by atoms with van der Waals surface area (Å²) in [5.41, 5.74) is 6.66. The molecule has 0 aromatic heterocycles. The Morgan fingerprint density at radius 2 is 2.07 bits per heavy atom. The number of ether oxygens (including phenoxy) is 1. The summed E-state index contributed by atoms with van der Waals surface area (Å²) in [6.45, 7) is 0.499. The summed E-state index contributed by atoms with van der Waals surface area (Å²) in [7, 11) is 1.66. The van der Waals surface area contributed by atoms with Crippen molar-refractivity contribution in [1.29, 1.82) is 0 Å². The van der Waals surface area contributed by atoms with Crippen LogP contribution >= 0.6 is 11.6 Å². The summed E-state index contributed by atoms with van der Waals surface area (Å²) < 4.78 is 5.31. The zero-order valence-corrected chi connectivity index (χ0v) is 9.21. The van der Waals surface area contributed by atoms with Crippen molar-refractivity contribution in [3.05, 3.63) is 40.9 Å². The van der Waals surface area contributed by atoms with Crippen LogP contribution in [0.3, 0.4) is 0 Å². The molecule has 0 radical (unpaired) electrons. The molecule has 78 valence electrons. The Balaban J connectivity index is 2.74. The fraction of sp³-hybridized carbons (Fsp3) is 0.167. The number of halogens is 1. The van der Waals surface area contributed by atoms with Gasteiger partial charge < -0.3 is 10.5 Å². The van der Waals surface area contributed by atoms with E-state index in [1.807, 2.05) is 30.3 Å². The van der Waals surface area contributed by atoms with Crippen LogP contribution in [0.15, 0.2) is 30.3 Å². The smallest absolute Gasteiger partial charge is 0.127 e. The molecule has 0 aliphatic rings. The molecule has 2 N–H and O–H groups in total. The van der Waals surface area contributed by atoms with Crippen LogP contribution in [0.25, 0.3) is 10.8 Å². The van der Waals surface area contributed by atoms with Gasteiger partial charge in [0.2, 0.25) is 0 Å². The quantitative estimate of drug-likeness (QED) is 0.846. The average molecular weight is 222 g/mol. The van der Waals surface area contributed by atoms with Crippen molar-refractivity contribution < 1.29 is 4.74 Å². The number of rotatable bonds is 2. The van der Waals surface area contributed by atoms with Gasteiger partial charge in [0.25, 0.3) is 0 Å². The largest absolute Gasteiger partial charge is 0.496 e. The Morgan fingerprint density at radius 1 is 1.27 bits per heavy atom. The molecular formula is C12H12ClNO. The Morgan fingerprint density at radius 3 is 2.73 bits per heavy atom. The lowest BCUT2D eigenvalue weighted by molar-refractivity contribution is 0.419. The molecule has 2 rings (SSSR count). The number of hydrogen-bond donors (Lipinski definition) is 1. The fourth-order valence-corrected chi connectivity index (χ4v) is 1.83. The first-order chi connectivity index (χ1) is 7.24. The molecule has 2 aromatic rings. The number of hydrogen-bond acceptors (Lipinski definition) is 2. The summed E-state index contributed by atoms with van der Waals surface area (Å²) in [5.74, 6) is 0.838. The van der Waals surface area contributed by atoms with Crippen LogP contribution in [0.4, 0.5) is 0 Å². The summed E-state index contributed by atoms with van der Waals surface area (Å²) in [4.78, 5) is 0. The van der Waals surface area contributed by atoms with E-state index in [1.165, 1.54) is 0 Å². The van der Waals surface area contributed by atoms with Crippen LogP contribution in [0.5, 0.6) is 5.75 Å². The highest BCUT2D eigenvalue weighted by atomic mass is 35.5. The molecule has 0 aliphatic carbocycles. The summed E-state index contributed by atoms with van der Waals surface area (Å²) in [5, 5.41) is 2.83. The van der Waals surface area contributed by atoms with Gasteiger partial charge in [-0.05, 0) is 41.3 Å². The Labute approximate surface area is 93.6 Å². The maximum absolute atomic E-state index is 5.94. The van der Waals surface area contributed by atoms with Crippen LogP contribution in [-0.2, 0) is 6.54 Å². The average Bonchev–Trinajstić information content (AvgIpc) is 2.26. The molecule has 0 amide bonds. The molecule has 2 nitrogen and oxygen atoms in total. The van der Waals surface area contributed by atoms with Crippen molar-refractivity contribution in [2.75, 3.05) is 7.11 Å². The fourth-order valence-electron chi connectivity index (χ4n) is 1.65. The molecule has 15 heavy (non-hydrogen) atoms. The zero-order valence-electron chi connectivity index (χ0n) is 8.46. The van der Waals surface area contributed by atoms with E-state index in [4.69, 9.17) is 22.1 Å². The molecule has 2 aromatic carbocycles. The third-order valence-corrected chi connectivity index (χ3v) is 2.63. The molecule has 0 aliphatic heterocycles. The van der Waals surface area contributed by atoms with Crippen molar-refractivity contribution in [2.24, 2.45) is 5.73 Å². The first-order valence-electron chi connectivity index (χ1n) is 4.71. The van der Waals surface area contributed by atoms with Gasteiger partial charge >= 0.3 is 0 Å². The lowest BCUT2D eigenvalue weighted by atomic mass is 10.1. The highest BCUT2D eigenvalue weighted by molar-refractivity contribution is 6.31. The van der Waals surface area contributed by atoms with Crippen molar-refractivity contribution in [1.82, 2.24) is 0 Å². The van der Waals surface area contributed by atoms with Gasteiger partial charge in [0.1, 0.15) is 5.75 Å². The molecule has 0 saturated carbocycles. The second-order valence-electron chi connectivity index (χ2n) is 3.37. The molecule has 0 unspecified atom stereocenters. The van der Waals surface area contributed by atoms with Gasteiger partial charge in [-0.25, -0.2) is 0 Å². The summed E-state index contributed by atoms with van der Waals surface area (Å²) in [6, 6.07) is 9.71. The predicted molar refractivity (Wildman–Crippen MR) is 63.4 cm³/mol. The van der Waals surface area contributed by atoms with Crippen LogP contribution in [0, 0.1) is 0 Å². The van der Waals surface area contributed by atoms with Gasteiger partial charge in [-0.3, -0.25) is 0 Å². The number of methoxy groups -OCH3 is 1. The SMILES string of the molecule is COc1cc(CN)cc2cc(Cl)ccc12. The van der Waals surface area contributed by atoms with E-state index in [0.29, 0.717) is 6.54 Å². The standard InChI is InChI=1S/C12H12ClNO/c1-15-12-5-8(7-14)4-9-6-10(13)2-3-11(9)12/h2-6H,7,14H2,1H3. The van der Waals surface area contributed by atoms with E-state index < -0.39 is 0 Å². The third-order valence-electron chi connectivity index (χ3n) is 2.39. The van der Waals surface area contributed by atoms with Crippen molar-refractivity contribution in [3.8, 4) is 5.75 Å². The molecular weight excluding hydrogens is 210 g/mol. The van der Waals surface area contributed by atoms with Gasteiger partial charge in [0, 0.05) is 17.0 Å². The van der Waals surface area contributed by atoms with E-state index in [1.54, 1.807) is 7.11 Å². The second-order valence-corrected chi connectivity index (χ2v) is 3.80. The van der Waals surface area contributed by atoms with Gasteiger partial charge in [-0.1, -0.05) is 11.6 Å². The van der Waals surface area contributed by atoms with Gasteiger partial charge in [-0.15, -0.1) is 0 Å². The highest BCUT2D eigenvalue weighted by Crippen LogP contribution is 2.29. The normalized spacial score (nSPS) is 10.6. The van der Waals surface area contributed by atoms with E-state index in [0.717, 1.165) is 27.1 Å². The van der Waals surface area contributed by atoms with Crippen LogP contribution in [0.1, 0.15) is 5.56 Å². The maximum atomic E-state index is 5.94. The second kappa shape index (κ2) is 4.09. The molecule has 0 bridgehead atoms. The van der Waals surface area contributed by atoms with Crippen LogP contribution in [0.2, 0.25) is 5.02 Å². The Kier molecular flexibility index (Phi) is 2.80. The monoisotopic (exact) mass is 221 g/mol. The van der Waals surface area contributed by atoms with E-state index >= 15 is 0 Å². The first-order valence-corrected chi connectivity index (χ1v) is 5.08. The Hall–Kier alpha value is -1.25. The minimum Gasteiger partial charge on any atom is -0.496 e. The topological polar surface area (TPSA) is 35.2 Å². The number of fused-ring (bicyclic) bond motifs is 1. The van der Waals surface area contributed by atoms with E-state index in [9.17, 15) is 0 Å². The maximum Gasteiger partial charge on any atom is 0.127 e.